The quantitative estimate of drug-likeness (QED) is 0.877. The minimum Gasteiger partial charge on any atom is -0.335 e. The zero-order chi connectivity index (χ0) is 14.5. The van der Waals surface area contributed by atoms with Crippen molar-refractivity contribution < 1.29 is 4.79 Å². The van der Waals surface area contributed by atoms with Crippen LogP contribution in [-0.4, -0.2) is 28.1 Å². The molecule has 0 unspecified atom stereocenters. The van der Waals surface area contributed by atoms with Crippen molar-refractivity contribution in [3.8, 4) is 0 Å². The van der Waals surface area contributed by atoms with Crippen LogP contribution >= 0.6 is 23.1 Å². The van der Waals surface area contributed by atoms with Crippen LogP contribution in [0.3, 0.4) is 0 Å². The molecule has 2 rings (SSSR count). The lowest BCUT2D eigenvalue weighted by molar-refractivity contribution is 0.236. The maximum Gasteiger partial charge on any atom is 0.315 e. The van der Waals surface area contributed by atoms with Crippen LogP contribution in [0.2, 0.25) is 0 Å². The standard InChI is InChI=1S/C14H23N3OS2/c1-4-19-12-6-5-11(7-12)17-14(18)15-8-13-16-9(2)10(3)20-13/h11-12H,4-8H2,1-3H3,(H2,15,17,18)/t11-,12-/m0/s1. The summed E-state index contributed by atoms with van der Waals surface area (Å²) in [6, 6.07) is 0.265. The predicted octanol–water partition coefficient (Wildman–Crippen LogP) is 3.23. The molecule has 20 heavy (non-hydrogen) atoms. The van der Waals surface area contributed by atoms with Gasteiger partial charge < -0.3 is 10.6 Å². The van der Waals surface area contributed by atoms with Gasteiger partial charge in [-0.1, -0.05) is 6.92 Å². The SMILES string of the molecule is CCS[C@H]1CC[C@H](NC(=O)NCc2nc(C)c(C)s2)C1. The number of thiazole rings is 1. The van der Waals surface area contributed by atoms with Gasteiger partial charge in [-0.25, -0.2) is 9.78 Å². The van der Waals surface area contributed by atoms with Crippen molar-refractivity contribution in [1.29, 1.82) is 0 Å². The topological polar surface area (TPSA) is 54.0 Å². The molecule has 1 fully saturated rings. The number of carbonyl (C=O) groups excluding carboxylic acids is 1. The Hall–Kier alpha value is -0.750. The fourth-order valence-corrected chi connectivity index (χ4v) is 4.48. The minimum atomic E-state index is -0.0670. The van der Waals surface area contributed by atoms with E-state index in [2.05, 4.69) is 29.5 Å². The highest BCUT2D eigenvalue weighted by molar-refractivity contribution is 7.99. The van der Waals surface area contributed by atoms with E-state index in [9.17, 15) is 4.79 Å². The van der Waals surface area contributed by atoms with Crippen molar-refractivity contribution in [2.24, 2.45) is 0 Å². The van der Waals surface area contributed by atoms with Gasteiger partial charge in [0.05, 0.1) is 12.2 Å². The van der Waals surface area contributed by atoms with E-state index in [1.54, 1.807) is 11.3 Å². The third kappa shape index (κ3) is 4.38. The molecule has 1 heterocycles. The Kier molecular flexibility index (Phi) is 5.72. The molecule has 1 aromatic rings. The number of thioether (sulfide) groups is 1. The van der Waals surface area contributed by atoms with Crippen LogP contribution in [0.1, 0.15) is 41.8 Å². The Morgan fingerprint density at radius 3 is 2.90 bits per heavy atom. The lowest BCUT2D eigenvalue weighted by Gasteiger charge is -2.13. The fourth-order valence-electron chi connectivity index (χ4n) is 2.47. The summed E-state index contributed by atoms with van der Waals surface area (Å²) in [5, 5.41) is 7.67. The highest BCUT2D eigenvalue weighted by Crippen LogP contribution is 2.29. The first kappa shape index (κ1) is 15.6. The Morgan fingerprint density at radius 1 is 1.45 bits per heavy atom. The van der Waals surface area contributed by atoms with Crippen molar-refractivity contribution in [3.63, 3.8) is 0 Å². The number of rotatable bonds is 5. The molecule has 0 aliphatic heterocycles. The van der Waals surface area contributed by atoms with Crippen molar-refractivity contribution in [1.82, 2.24) is 15.6 Å². The Bertz CT molecular complexity index is 442. The highest BCUT2D eigenvalue weighted by atomic mass is 32.2. The van der Waals surface area contributed by atoms with Gasteiger partial charge in [0.1, 0.15) is 5.01 Å². The molecule has 1 aliphatic carbocycles. The fraction of sp³-hybridized carbons (Fsp3) is 0.714. The van der Waals surface area contributed by atoms with Gasteiger partial charge >= 0.3 is 6.03 Å². The molecule has 2 amide bonds. The first-order chi connectivity index (χ1) is 9.58. The molecule has 0 bridgehead atoms. The molecule has 112 valence electrons. The van der Waals surface area contributed by atoms with E-state index >= 15 is 0 Å². The second kappa shape index (κ2) is 7.31. The van der Waals surface area contributed by atoms with Crippen molar-refractivity contribution in [2.75, 3.05) is 5.75 Å². The molecule has 0 saturated heterocycles. The molecule has 2 N–H and O–H groups in total. The van der Waals surface area contributed by atoms with Gasteiger partial charge in [-0.2, -0.15) is 11.8 Å². The van der Waals surface area contributed by atoms with E-state index < -0.39 is 0 Å². The predicted molar refractivity (Wildman–Crippen MR) is 86.5 cm³/mol. The number of nitrogens with one attached hydrogen (secondary N) is 2. The lowest BCUT2D eigenvalue weighted by Crippen LogP contribution is -2.40. The minimum absolute atomic E-state index is 0.0670. The van der Waals surface area contributed by atoms with Gasteiger partial charge in [0, 0.05) is 16.2 Å². The largest absolute Gasteiger partial charge is 0.335 e. The lowest BCUT2D eigenvalue weighted by atomic mass is 10.2. The summed E-state index contributed by atoms with van der Waals surface area (Å²) in [4.78, 5) is 17.5. The zero-order valence-electron chi connectivity index (χ0n) is 12.4. The summed E-state index contributed by atoms with van der Waals surface area (Å²) < 4.78 is 0. The van der Waals surface area contributed by atoms with Crippen molar-refractivity contribution in [2.45, 2.75) is 57.9 Å². The van der Waals surface area contributed by atoms with Crippen molar-refractivity contribution in [3.05, 3.63) is 15.6 Å². The molecule has 1 aromatic heterocycles. The third-order valence-electron chi connectivity index (χ3n) is 3.60. The maximum atomic E-state index is 11.9. The number of urea groups is 1. The second-order valence-corrected chi connectivity index (χ2v) is 8.03. The Balaban J connectivity index is 1.71. The summed E-state index contributed by atoms with van der Waals surface area (Å²) in [6.45, 7) is 6.77. The maximum absolute atomic E-state index is 11.9. The molecule has 0 aromatic carbocycles. The third-order valence-corrected chi connectivity index (χ3v) is 5.90. The van der Waals surface area contributed by atoms with Crippen molar-refractivity contribution >= 4 is 29.1 Å². The molecule has 1 aliphatic rings. The van der Waals surface area contributed by atoms with Gasteiger partial charge in [-0.15, -0.1) is 11.3 Å². The summed E-state index contributed by atoms with van der Waals surface area (Å²) in [6.07, 6.45) is 3.41. The van der Waals surface area contributed by atoms with E-state index in [1.165, 1.54) is 11.3 Å². The Morgan fingerprint density at radius 2 is 2.25 bits per heavy atom. The summed E-state index contributed by atoms with van der Waals surface area (Å²) in [7, 11) is 0. The second-order valence-electron chi connectivity index (χ2n) is 5.16. The highest BCUT2D eigenvalue weighted by Gasteiger charge is 2.25. The van der Waals surface area contributed by atoms with Gasteiger partial charge in [-0.3, -0.25) is 0 Å². The average molecular weight is 313 g/mol. The number of nitrogens with zero attached hydrogens (tertiary/aromatic N) is 1. The van der Waals surface area contributed by atoms with Crippen LogP contribution in [-0.2, 0) is 6.54 Å². The number of hydrogen-bond acceptors (Lipinski definition) is 4. The first-order valence-corrected chi connectivity index (χ1v) is 9.04. The number of amides is 2. The number of carbonyl (C=O) groups is 1. The molecule has 6 heteroatoms. The molecule has 0 spiro atoms. The monoisotopic (exact) mass is 313 g/mol. The number of aryl methyl sites for hydroxylation is 2. The zero-order valence-corrected chi connectivity index (χ0v) is 14.0. The molecule has 1 saturated carbocycles. The van der Waals surface area contributed by atoms with Crippen LogP contribution in [0.5, 0.6) is 0 Å². The molecular weight excluding hydrogens is 290 g/mol. The number of aromatic nitrogens is 1. The summed E-state index contributed by atoms with van der Waals surface area (Å²) in [5.41, 5.74) is 1.06. The van der Waals surface area contributed by atoms with Gasteiger partial charge in [0.15, 0.2) is 0 Å². The van der Waals surface area contributed by atoms with Gasteiger partial charge in [-0.05, 0) is 38.9 Å². The molecule has 2 atom stereocenters. The Labute approximate surface area is 129 Å². The normalized spacial score (nSPS) is 21.9. The first-order valence-electron chi connectivity index (χ1n) is 7.17. The van der Waals surface area contributed by atoms with Gasteiger partial charge in [0.2, 0.25) is 0 Å². The van der Waals surface area contributed by atoms with Gasteiger partial charge in [0.25, 0.3) is 0 Å². The summed E-state index contributed by atoms with van der Waals surface area (Å²) in [5.74, 6) is 1.16. The summed E-state index contributed by atoms with van der Waals surface area (Å²) >= 11 is 3.65. The van der Waals surface area contributed by atoms with Crippen LogP contribution in [0.4, 0.5) is 4.79 Å². The van der Waals surface area contributed by atoms with Crippen LogP contribution in [0.25, 0.3) is 0 Å². The molecular formula is C14H23N3OS2. The molecule has 4 nitrogen and oxygen atoms in total. The van der Waals surface area contributed by atoms with E-state index in [0.29, 0.717) is 12.6 Å². The smallest absolute Gasteiger partial charge is 0.315 e. The van der Waals surface area contributed by atoms with E-state index in [1.807, 2.05) is 18.7 Å². The van der Waals surface area contributed by atoms with E-state index in [4.69, 9.17) is 0 Å². The van der Waals surface area contributed by atoms with Crippen LogP contribution < -0.4 is 10.6 Å². The average Bonchev–Trinajstić information content (AvgIpc) is 2.96. The van der Waals surface area contributed by atoms with E-state index in [-0.39, 0.29) is 6.03 Å². The van der Waals surface area contributed by atoms with Crippen LogP contribution in [0.15, 0.2) is 0 Å². The molecule has 0 radical (unpaired) electrons. The van der Waals surface area contributed by atoms with E-state index in [0.717, 1.165) is 34.5 Å². The van der Waals surface area contributed by atoms with Crippen LogP contribution in [0, 0.1) is 13.8 Å². The number of hydrogen-bond donors (Lipinski definition) is 2.